The van der Waals surface area contributed by atoms with Gasteiger partial charge in [0.1, 0.15) is 31.0 Å². The molecule has 1 aliphatic heterocycles. The van der Waals surface area contributed by atoms with Crippen molar-refractivity contribution in [2.75, 3.05) is 52.9 Å². The van der Waals surface area contributed by atoms with Gasteiger partial charge in [-0.25, -0.2) is 4.98 Å². The molecule has 6 aromatic rings. The number of H-pyrrole nitrogens is 1. The van der Waals surface area contributed by atoms with E-state index in [9.17, 15) is 14.4 Å². The van der Waals surface area contributed by atoms with E-state index in [1.165, 1.54) is 5.56 Å². The van der Waals surface area contributed by atoms with Crippen LogP contribution in [0, 0.1) is 11.8 Å². The Morgan fingerprint density at radius 1 is 0.732 bits per heavy atom. The Bertz CT molecular complexity index is 2740. The van der Waals surface area contributed by atoms with Gasteiger partial charge in [0.25, 0.3) is 0 Å². The Kier molecular flexibility index (Phi) is 16.9. The van der Waals surface area contributed by atoms with Gasteiger partial charge in [0.2, 0.25) is 23.6 Å². The average Bonchev–Trinajstić information content (AvgIpc) is 3.79. The van der Waals surface area contributed by atoms with E-state index in [0.29, 0.717) is 77.3 Å². The van der Waals surface area contributed by atoms with Crippen LogP contribution in [0.2, 0.25) is 0 Å². The first-order valence-corrected chi connectivity index (χ1v) is 25.7. The summed E-state index contributed by atoms with van der Waals surface area (Å²) in [5.41, 5.74) is 8.54. The van der Waals surface area contributed by atoms with Gasteiger partial charge in [0.15, 0.2) is 0 Å². The van der Waals surface area contributed by atoms with E-state index in [4.69, 9.17) is 23.7 Å². The second-order valence-electron chi connectivity index (χ2n) is 19.2. The fourth-order valence-electron chi connectivity index (χ4n) is 10.3. The smallest absolute Gasteiger partial charge is 0.246 e. The van der Waals surface area contributed by atoms with Crippen LogP contribution in [0.15, 0.2) is 97.5 Å². The SMILES string of the molecule is CC[C@@H](C)C(=O)N[C@H](C(=O)N1Cc2cc(OCCOCCOCCOCCOc3ccc(-c4ccc5c(c4)[nH]c4ccncc45)cn3)ccc2C[C@H]1C(=O)N[C@H]1CCCc2ccccc21)C1CCCCC1. The van der Waals surface area contributed by atoms with Crippen LogP contribution >= 0.6 is 0 Å². The van der Waals surface area contributed by atoms with Crippen LogP contribution in [-0.2, 0) is 48.0 Å². The number of hydrogen-bond donors (Lipinski definition) is 3. The van der Waals surface area contributed by atoms with Gasteiger partial charge in [0, 0.05) is 70.9 Å². The Morgan fingerprint density at radius 3 is 2.27 bits per heavy atom. The number of benzene rings is 3. The molecule has 3 aliphatic rings. The first kappa shape index (κ1) is 49.6. The van der Waals surface area contributed by atoms with Crippen molar-refractivity contribution in [3.63, 3.8) is 0 Å². The molecule has 14 heteroatoms. The molecule has 0 bridgehead atoms. The number of nitrogens with one attached hydrogen (secondary N) is 3. The van der Waals surface area contributed by atoms with Crippen molar-refractivity contribution in [2.45, 2.75) is 103 Å². The molecule has 3 aromatic carbocycles. The first-order valence-electron chi connectivity index (χ1n) is 25.7. The number of hydrogen-bond acceptors (Lipinski definition) is 10. The monoisotopic (exact) mass is 965 g/mol. The third kappa shape index (κ3) is 12.4. The minimum absolute atomic E-state index is 0.0196. The lowest BCUT2D eigenvalue weighted by molar-refractivity contribution is -0.146. The maximum absolute atomic E-state index is 14.9. The summed E-state index contributed by atoms with van der Waals surface area (Å²) in [6, 6.07) is 24.9. The molecular weight excluding hydrogens is 897 g/mol. The molecule has 0 spiro atoms. The molecule has 1 fully saturated rings. The molecule has 0 saturated heterocycles. The molecule has 9 rings (SSSR count). The third-order valence-corrected chi connectivity index (χ3v) is 14.5. The van der Waals surface area contributed by atoms with Crippen LogP contribution in [0.4, 0.5) is 0 Å². The lowest BCUT2D eigenvalue weighted by Gasteiger charge is -2.41. The molecule has 4 heterocycles. The Labute approximate surface area is 416 Å². The predicted molar refractivity (Wildman–Crippen MR) is 273 cm³/mol. The van der Waals surface area contributed by atoms with E-state index in [-0.39, 0.29) is 42.1 Å². The third-order valence-electron chi connectivity index (χ3n) is 14.5. The number of carbonyl (C=O) groups is 3. The van der Waals surface area contributed by atoms with Crippen LogP contribution in [0.3, 0.4) is 0 Å². The molecule has 71 heavy (non-hydrogen) atoms. The molecule has 2 aliphatic carbocycles. The molecule has 3 N–H and O–H groups in total. The zero-order chi connectivity index (χ0) is 48.9. The largest absolute Gasteiger partial charge is 0.491 e. The molecule has 1 saturated carbocycles. The topological polar surface area (TPSA) is 166 Å². The summed E-state index contributed by atoms with van der Waals surface area (Å²) in [5.74, 6) is 0.546. The second kappa shape index (κ2) is 24.2. The summed E-state index contributed by atoms with van der Waals surface area (Å²) in [5, 5.41) is 8.79. The summed E-state index contributed by atoms with van der Waals surface area (Å²) < 4.78 is 29.1. The van der Waals surface area contributed by atoms with Crippen molar-refractivity contribution in [2.24, 2.45) is 11.8 Å². The lowest BCUT2D eigenvalue weighted by Crippen LogP contribution is -2.60. The number of ether oxygens (including phenoxy) is 5. The van der Waals surface area contributed by atoms with Gasteiger partial charge in [0.05, 0.1) is 45.7 Å². The quantitative estimate of drug-likeness (QED) is 0.0560. The molecule has 4 atom stereocenters. The maximum atomic E-state index is 14.9. The van der Waals surface area contributed by atoms with E-state index < -0.39 is 12.1 Å². The highest BCUT2D eigenvalue weighted by Crippen LogP contribution is 2.35. The Hall–Kier alpha value is -6.35. The minimum atomic E-state index is -0.718. The number of rotatable bonds is 22. The molecule has 14 nitrogen and oxygen atoms in total. The van der Waals surface area contributed by atoms with Crippen molar-refractivity contribution < 1.29 is 38.1 Å². The number of nitrogens with zero attached hydrogens (tertiary/aromatic N) is 3. The number of pyridine rings is 2. The standard InChI is InChI=1S/C57H68N6O8/c1-3-38(2)55(64)62-54(40-11-5-4-6-12-40)57(66)63-37-44-32-45(19-16-42(44)34-52(63)56(65)61-49-15-9-13-39-10-7-8-14-46(39)49)70-30-28-68-26-24-67-25-27-69-29-31-71-53-21-18-43(35-59-53)41-17-20-47-48-36-58-23-22-50(48)60-51(47)33-41/h7-8,10,14,16-23,32-33,35-36,38,40,49,52,54,60H,3-6,9,11-13,15,24-31,34,37H2,1-2H3,(H,61,65)(H,62,64)/t38-,49+,52+,54+/m1/s1. The highest BCUT2D eigenvalue weighted by atomic mass is 16.6. The van der Waals surface area contributed by atoms with Crippen LogP contribution in [0.25, 0.3) is 32.9 Å². The molecule has 0 radical (unpaired) electrons. The molecule has 3 amide bonds. The zero-order valence-corrected chi connectivity index (χ0v) is 41.2. The summed E-state index contributed by atoms with van der Waals surface area (Å²) in [6.45, 7) is 7.31. The van der Waals surface area contributed by atoms with E-state index >= 15 is 0 Å². The van der Waals surface area contributed by atoms with Gasteiger partial charge in [-0.05, 0) is 103 Å². The molecule has 374 valence electrons. The van der Waals surface area contributed by atoms with Crippen molar-refractivity contribution in [3.05, 3.63) is 120 Å². The maximum Gasteiger partial charge on any atom is 0.246 e. The normalized spacial score (nSPS) is 17.8. The highest BCUT2D eigenvalue weighted by molar-refractivity contribution is 6.07. The lowest BCUT2D eigenvalue weighted by atomic mass is 9.82. The number of amides is 3. The van der Waals surface area contributed by atoms with Crippen LogP contribution in [-0.4, -0.2) is 103 Å². The van der Waals surface area contributed by atoms with Gasteiger partial charge >= 0.3 is 0 Å². The fraction of sp³-hybridized carbons (Fsp3) is 0.456. The fourth-order valence-corrected chi connectivity index (χ4v) is 10.3. The van der Waals surface area contributed by atoms with Gasteiger partial charge in [-0.15, -0.1) is 0 Å². The Morgan fingerprint density at radius 2 is 1.49 bits per heavy atom. The van der Waals surface area contributed by atoms with E-state index in [1.54, 1.807) is 11.1 Å². The van der Waals surface area contributed by atoms with Gasteiger partial charge < -0.3 is 44.2 Å². The van der Waals surface area contributed by atoms with Crippen LogP contribution < -0.4 is 20.1 Å². The summed E-state index contributed by atoms with van der Waals surface area (Å²) >= 11 is 0. The van der Waals surface area contributed by atoms with E-state index in [2.05, 4.69) is 55.9 Å². The predicted octanol–water partition coefficient (Wildman–Crippen LogP) is 8.84. The minimum Gasteiger partial charge on any atom is -0.491 e. The van der Waals surface area contributed by atoms with Gasteiger partial charge in [-0.3, -0.25) is 19.4 Å². The summed E-state index contributed by atoms with van der Waals surface area (Å²) in [6.07, 6.45) is 14.3. The molecule has 0 unspecified atom stereocenters. The number of fused-ring (bicyclic) bond motifs is 5. The van der Waals surface area contributed by atoms with Gasteiger partial charge in [-0.1, -0.05) is 75.6 Å². The van der Waals surface area contributed by atoms with E-state index in [0.717, 1.165) is 101 Å². The zero-order valence-electron chi connectivity index (χ0n) is 41.2. The van der Waals surface area contributed by atoms with Crippen LogP contribution in [0.5, 0.6) is 11.6 Å². The van der Waals surface area contributed by atoms with Crippen molar-refractivity contribution in [1.29, 1.82) is 0 Å². The first-order chi connectivity index (χ1) is 34.8. The number of carbonyl (C=O) groups excluding carboxylic acids is 3. The van der Waals surface area contributed by atoms with Gasteiger partial charge in [-0.2, -0.15) is 0 Å². The van der Waals surface area contributed by atoms with Crippen molar-refractivity contribution >= 4 is 39.5 Å². The average molecular weight is 965 g/mol. The highest BCUT2D eigenvalue weighted by Gasteiger charge is 2.42. The number of aryl methyl sites for hydroxylation is 1. The summed E-state index contributed by atoms with van der Waals surface area (Å²) in [4.78, 5) is 56.7. The van der Waals surface area contributed by atoms with E-state index in [1.807, 2.05) is 74.8 Å². The Balaban J connectivity index is 0.708. The summed E-state index contributed by atoms with van der Waals surface area (Å²) in [7, 11) is 0. The number of aromatic amines is 1. The van der Waals surface area contributed by atoms with Crippen molar-refractivity contribution in [1.82, 2.24) is 30.5 Å². The van der Waals surface area contributed by atoms with Crippen LogP contribution in [0.1, 0.15) is 93.5 Å². The molecular formula is C57H68N6O8. The van der Waals surface area contributed by atoms with Crippen molar-refractivity contribution in [3.8, 4) is 22.8 Å². The molecule has 3 aromatic heterocycles. The second-order valence-corrected chi connectivity index (χ2v) is 19.2. The number of aromatic nitrogens is 3.